The zero-order valence-corrected chi connectivity index (χ0v) is 6.89. The average Bonchev–Trinajstić information content (AvgIpc) is 2.05. The molecule has 0 radical (unpaired) electrons. The minimum absolute atomic E-state index is 0.364. The van der Waals surface area contributed by atoms with Gasteiger partial charge in [-0.15, -0.1) is 16.6 Å². The summed E-state index contributed by atoms with van der Waals surface area (Å²) >= 11 is 5.54. The Bertz CT molecular complexity index is 301. The fourth-order valence-electron chi connectivity index (χ4n) is 0.745. The number of aromatic nitrogens is 1. The summed E-state index contributed by atoms with van der Waals surface area (Å²) in [6.45, 7) is 8.64. The van der Waals surface area contributed by atoms with Crippen molar-refractivity contribution in [1.82, 2.24) is 4.98 Å². The SMILES string of the molecule is [C-]#[N+]c1nc(CCl)ccc1C. The molecule has 0 N–H and O–H groups in total. The van der Waals surface area contributed by atoms with E-state index in [1.807, 2.05) is 19.1 Å². The van der Waals surface area contributed by atoms with Crippen LogP contribution in [0.1, 0.15) is 11.3 Å². The van der Waals surface area contributed by atoms with Gasteiger partial charge >= 0.3 is 0 Å². The van der Waals surface area contributed by atoms with Gasteiger partial charge in [0.25, 0.3) is 5.82 Å². The lowest BCUT2D eigenvalue weighted by Gasteiger charge is -1.95. The highest BCUT2D eigenvalue weighted by atomic mass is 35.5. The van der Waals surface area contributed by atoms with Crippen LogP contribution < -0.4 is 0 Å². The molecule has 0 amide bonds. The Hall–Kier alpha value is -1.07. The van der Waals surface area contributed by atoms with Crippen molar-refractivity contribution in [2.24, 2.45) is 0 Å². The molecule has 1 heterocycles. The van der Waals surface area contributed by atoms with E-state index in [2.05, 4.69) is 9.83 Å². The van der Waals surface area contributed by atoms with E-state index in [-0.39, 0.29) is 0 Å². The van der Waals surface area contributed by atoms with Crippen molar-refractivity contribution < 1.29 is 0 Å². The highest BCUT2D eigenvalue weighted by Crippen LogP contribution is 2.15. The maximum Gasteiger partial charge on any atom is 0.272 e. The van der Waals surface area contributed by atoms with E-state index in [4.69, 9.17) is 18.2 Å². The minimum atomic E-state index is 0.364. The van der Waals surface area contributed by atoms with Gasteiger partial charge in [0, 0.05) is 0 Å². The predicted molar refractivity (Wildman–Crippen MR) is 44.8 cm³/mol. The van der Waals surface area contributed by atoms with E-state index in [0.717, 1.165) is 11.3 Å². The number of nitrogens with zero attached hydrogens (tertiary/aromatic N) is 2. The molecular formula is C8H7ClN2. The van der Waals surface area contributed by atoms with Gasteiger partial charge in [-0.1, -0.05) is 12.6 Å². The summed E-state index contributed by atoms with van der Waals surface area (Å²) in [6.07, 6.45) is 0. The van der Waals surface area contributed by atoms with Gasteiger partial charge in [0.2, 0.25) is 0 Å². The molecular weight excluding hydrogens is 160 g/mol. The first kappa shape index (κ1) is 8.03. The molecule has 1 rings (SSSR count). The first-order valence-electron chi connectivity index (χ1n) is 3.18. The Morgan fingerprint density at radius 3 is 2.91 bits per heavy atom. The first-order valence-corrected chi connectivity index (χ1v) is 3.71. The molecule has 1 aromatic heterocycles. The van der Waals surface area contributed by atoms with Gasteiger partial charge in [0.1, 0.15) is 5.69 Å². The third-order valence-corrected chi connectivity index (χ3v) is 1.64. The van der Waals surface area contributed by atoms with E-state index in [0.29, 0.717) is 11.7 Å². The molecule has 0 aliphatic rings. The molecule has 0 aliphatic heterocycles. The standard InChI is InChI=1S/C8H7ClN2/c1-6-3-4-7(5-9)11-8(6)10-2/h3-4H,5H2,1H3. The number of halogens is 1. The number of aryl methyl sites for hydroxylation is 1. The van der Waals surface area contributed by atoms with Crippen molar-refractivity contribution in [2.75, 3.05) is 0 Å². The van der Waals surface area contributed by atoms with Gasteiger partial charge in [-0.05, 0) is 18.6 Å². The molecule has 56 valence electrons. The number of alkyl halides is 1. The Morgan fingerprint density at radius 1 is 1.64 bits per heavy atom. The maximum atomic E-state index is 6.78. The fraction of sp³-hybridized carbons (Fsp3) is 0.250. The van der Waals surface area contributed by atoms with Crippen LogP contribution in [0.5, 0.6) is 0 Å². The lowest BCUT2D eigenvalue weighted by atomic mass is 10.2. The van der Waals surface area contributed by atoms with E-state index >= 15 is 0 Å². The van der Waals surface area contributed by atoms with Crippen LogP contribution in [0, 0.1) is 13.5 Å². The van der Waals surface area contributed by atoms with Gasteiger partial charge in [-0.25, -0.2) is 0 Å². The number of rotatable bonds is 1. The molecule has 1 aromatic rings. The van der Waals surface area contributed by atoms with E-state index in [9.17, 15) is 0 Å². The van der Waals surface area contributed by atoms with Gasteiger partial charge in [-0.3, -0.25) is 0 Å². The number of hydrogen-bond donors (Lipinski definition) is 0. The second-order valence-electron chi connectivity index (χ2n) is 2.19. The Kier molecular flexibility index (Phi) is 2.45. The van der Waals surface area contributed by atoms with Crippen LogP contribution in [-0.2, 0) is 5.88 Å². The average molecular weight is 167 g/mol. The molecule has 0 fully saturated rings. The molecule has 11 heavy (non-hydrogen) atoms. The second kappa shape index (κ2) is 3.36. The fourth-order valence-corrected chi connectivity index (χ4v) is 0.894. The lowest BCUT2D eigenvalue weighted by Crippen LogP contribution is -1.85. The van der Waals surface area contributed by atoms with Crippen LogP contribution in [0.2, 0.25) is 0 Å². The molecule has 0 aromatic carbocycles. The van der Waals surface area contributed by atoms with Crippen LogP contribution in [0.3, 0.4) is 0 Å². The molecule has 0 bridgehead atoms. The molecule has 0 saturated heterocycles. The molecule has 2 nitrogen and oxygen atoms in total. The van der Waals surface area contributed by atoms with Crippen molar-refractivity contribution >= 4 is 17.4 Å². The Labute approximate surface area is 70.7 Å². The van der Waals surface area contributed by atoms with Crippen molar-refractivity contribution in [1.29, 1.82) is 0 Å². The monoisotopic (exact) mass is 166 g/mol. The highest BCUT2D eigenvalue weighted by molar-refractivity contribution is 6.16. The topological polar surface area (TPSA) is 17.2 Å². The third-order valence-electron chi connectivity index (χ3n) is 1.37. The normalized spacial score (nSPS) is 9.18. The van der Waals surface area contributed by atoms with Crippen LogP contribution in [0.4, 0.5) is 5.82 Å². The van der Waals surface area contributed by atoms with Gasteiger partial charge < -0.3 is 4.85 Å². The van der Waals surface area contributed by atoms with E-state index < -0.39 is 0 Å². The first-order chi connectivity index (χ1) is 5.27. The van der Waals surface area contributed by atoms with E-state index in [1.54, 1.807) is 0 Å². The van der Waals surface area contributed by atoms with Crippen molar-refractivity contribution in [3.63, 3.8) is 0 Å². The van der Waals surface area contributed by atoms with Crippen molar-refractivity contribution in [3.05, 3.63) is 34.8 Å². The summed E-state index contributed by atoms with van der Waals surface area (Å²) in [6, 6.07) is 3.69. The molecule has 3 heteroatoms. The third kappa shape index (κ3) is 1.69. The Balaban J connectivity index is 3.15. The molecule has 0 atom stereocenters. The largest absolute Gasteiger partial charge is 0.360 e. The highest BCUT2D eigenvalue weighted by Gasteiger charge is 2.01. The van der Waals surface area contributed by atoms with Crippen molar-refractivity contribution in [2.45, 2.75) is 12.8 Å². The van der Waals surface area contributed by atoms with Gasteiger partial charge in [0.05, 0.1) is 5.88 Å². The number of hydrogen-bond acceptors (Lipinski definition) is 1. The maximum absolute atomic E-state index is 6.78. The van der Waals surface area contributed by atoms with Crippen LogP contribution in [0.25, 0.3) is 4.85 Å². The van der Waals surface area contributed by atoms with Crippen LogP contribution in [-0.4, -0.2) is 4.98 Å². The Morgan fingerprint density at radius 2 is 2.36 bits per heavy atom. The van der Waals surface area contributed by atoms with E-state index in [1.165, 1.54) is 0 Å². The molecule has 0 unspecified atom stereocenters. The quantitative estimate of drug-likeness (QED) is 0.463. The zero-order valence-electron chi connectivity index (χ0n) is 6.13. The summed E-state index contributed by atoms with van der Waals surface area (Å²) in [5, 5.41) is 0. The molecule has 0 aliphatic carbocycles. The summed E-state index contributed by atoms with van der Waals surface area (Å²) in [5.41, 5.74) is 1.65. The summed E-state index contributed by atoms with van der Waals surface area (Å²) in [7, 11) is 0. The smallest absolute Gasteiger partial charge is 0.272 e. The van der Waals surface area contributed by atoms with Crippen LogP contribution >= 0.6 is 11.6 Å². The molecule has 0 spiro atoms. The summed E-state index contributed by atoms with van der Waals surface area (Å²) in [5.74, 6) is 0.811. The van der Waals surface area contributed by atoms with Gasteiger partial charge in [-0.2, -0.15) is 0 Å². The number of pyridine rings is 1. The minimum Gasteiger partial charge on any atom is -0.360 e. The van der Waals surface area contributed by atoms with Crippen LogP contribution in [0.15, 0.2) is 12.1 Å². The summed E-state index contributed by atoms with van der Waals surface area (Å²) < 4.78 is 0. The second-order valence-corrected chi connectivity index (χ2v) is 2.46. The summed E-state index contributed by atoms with van der Waals surface area (Å²) in [4.78, 5) is 7.28. The molecule has 0 saturated carbocycles. The zero-order chi connectivity index (χ0) is 8.27. The van der Waals surface area contributed by atoms with Gasteiger partial charge in [0.15, 0.2) is 0 Å². The predicted octanol–water partition coefficient (Wildman–Crippen LogP) is 2.68. The van der Waals surface area contributed by atoms with Crippen molar-refractivity contribution in [3.8, 4) is 0 Å². The lowest BCUT2D eigenvalue weighted by molar-refractivity contribution is 1.16.